The summed E-state index contributed by atoms with van der Waals surface area (Å²) in [6, 6.07) is 2.91. The molecule has 0 amide bonds. The minimum Gasteiger partial charge on any atom is -0.295 e. The third-order valence-corrected chi connectivity index (χ3v) is 9.67. The smallest absolute Gasteiger partial charge is 0.248 e. The minimum atomic E-state index is -3.31. The second-order valence-corrected chi connectivity index (χ2v) is 12.3. The third kappa shape index (κ3) is 6.96. The van der Waals surface area contributed by atoms with E-state index in [1.165, 1.54) is 16.4 Å². The number of hydrogen-bond acceptors (Lipinski definition) is 4. The molecule has 12 heteroatoms. The Bertz CT molecular complexity index is 953. The second kappa shape index (κ2) is 11.9. The van der Waals surface area contributed by atoms with Crippen molar-refractivity contribution in [2.75, 3.05) is 31.9 Å². The first kappa shape index (κ1) is 30.0. The number of carbonyl (C=O) groups excluding carboxylic acids is 1. The van der Waals surface area contributed by atoms with Crippen LogP contribution in [0, 0.1) is 0 Å². The minimum absolute atomic E-state index is 0. The van der Waals surface area contributed by atoms with Crippen molar-refractivity contribution < 1.29 is 22.0 Å². The van der Waals surface area contributed by atoms with Crippen LogP contribution in [0.2, 0.25) is 15.1 Å². The molecule has 2 fully saturated rings. The molecule has 1 aliphatic heterocycles. The van der Waals surface area contributed by atoms with Gasteiger partial charge in [0.25, 0.3) is 0 Å². The van der Waals surface area contributed by atoms with Gasteiger partial charge in [-0.1, -0.05) is 41.7 Å². The third-order valence-electron chi connectivity index (χ3n) is 6.78. The van der Waals surface area contributed by atoms with Crippen molar-refractivity contribution >= 4 is 63.0 Å². The van der Waals surface area contributed by atoms with Crippen LogP contribution in [0.15, 0.2) is 12.1 Å². The molecule has 0 spiro atoms. The molecule has 0 atom stereocenters. The topological polar surface area (TPSA) is 57.7 Å². The van der Waals surface area contributed by atoms with Crippen LogP contribution >= 0.6 is 47.2 Å². The summed E-state index contributed by atoms with van der Waals surface area (Å²) in [5.41, 5.74) is -0.405. The van der Waals surface area contributed by atoms with Crippen LogP contribution in [0.3, 0.4) is 0 Å². The van der Waals surface area contributed by atoms with Gasteiger partial charge in [0.2, 0.25) is 15.9 Å². The number of sulfonamides is 1. The molecule has 0 radical (unpaired) electrons. The number of ketones is 1. The fraction of sp³-hybridized carbons (Fsp3) is 0.682. The van der Waals surface area contributed by atoms with Gasteiger partial charge in [0, 0.05) is 56.0 Å². The van der Waals surface area contributed by atoms with Gasteiger partial charge < -0.3 is 0 Å². The molecule has 1 aromatic carbocycles. The Morgan fingerprint density at radius 1 is 1.00 bits per heavy atom. The second-order valence-electron chi connectivity index (χ2n) is 8.95. The lowest BCUT2D eigenvalue weighted by Gasteiger charge is -2.51. The first-order chi connectivity index (χ1) is 15.4. The number of Topliss-reactive ketones (excluding diaryl/α,β-unsaturated/α-hetero) is 1. The molecule has 0 unspecified atom stereocenters. The van der Waals surface area contributed by atoms with E-state index in [1.807, 2.05) is 6.92 Å². The molecule has 1 heterocycles. The molecule has 5 nitrogen and oxygen atoms in total. The summed E-state index contributed by atoms with van der Waals surface area (Å²) in [5, 5.41) is 0.649. The van der Waals surface area contributed by atoms with Crippen LogP contribution in [0.5, 0.6) is 0 Å². The molecular weight excluding hydrogens is 552 g/mol. The fourth-order valence-corrected chi connectivity index (χ4v) is 7.43. The number of alkyl halides is 2. The van der Waals surface area contributed by atoms with E-state index < -0.39 is 21.5 Å². The fourth-order valence-electron chi connectivity index (χ4n) is 4.91. The highest BCUT2D eigenvalue weighted by atomic mass is 35.5. The van der Waals surface area contributed by atoms with Gasteiger partial charge in [-0.2, -0.15) is 4.31 Å². The van der Waals surface area contributed by atoms with Crippen LogP contribution in [0.1, 0.15) is 62.2 Å². The predicted molar refractivity (Wildman–Crippen MR) is 136 cm³/mol. The maximum atomic E-state index is 14.0. The molecule has 1 saturated heterocycles. The Morgan fingerprint density at radius 2 is 1.53 bits per heavy atom. The molecule has 0 N–H and O–H groups in total. The van der Waals surface area contributed by atoms with Crippen molar-refractivity contribution in [2.24, 2.45) is 0 Å². The number of benzene rings is 1. The number of nitrogens with zero attached hydrogens (tertiary/aromatic N) is 2. The highest BCUT2D eigenvalue weighted by Gasteiger charge is 2.47. The van der Waals surface area contributed by atoms with E-state index >= 15 is 0 Å². The van der Waals surface area contributed by atoms with Crippen molar-refractivity contribution in [2.45, 2.75) is 63.3 Å². The van der Waals surface area contributed by atoms with Gasteiger partial charge in [0.1, 0.15) is 0 Å². The highest BCUT2D eigenvalue weighted by Crippen LogP contribution is 2.45. The molecule has 1 aromatic rings. The van der Waals surface area contributed by atoms with Crippen molar-refractivity contribution in [1.29, 1.82) is 0 Å². The van der Waals surface area contributed by atoms with Gasteiger partial charge in [-0.3, -0.25) is 9.69 Å². The zero-order valence-corrected chi connectivity index (χ0v) is 22.9. The average Bonchev–Trinajstić information content (AvgIpc) is 2.73. The van der Waals surface area contributed by atoms with Crippen molar-refractivity contribution in [3.05, 3.63) is 32.8 Å². The van der Waals surface area contributed by atoms with E-state index in [-0.39, 0.29) is 71.7 Å². The highest BCUT2D eigenvalue weighted by molar-refractivity contribution is 7.89. The molecule has 0 bridgehead atoms. The molecule has 2 aliphatic rings. The summed E-state index contributed by atoms with van der Waals surface area (Å²) in [5.74, 6) is -2.88. The zero-order chi connectivity index (χ0) is 24.4. The van der Waals surface area contributed by atoms with Crippen LogP contribution in [-0.2, 0) is 10.0 Å². The van der Waals surface area contributed by atoms with Gasteiger partial charge >= 0.3 is 0 Å². The van der Waals surface area contributed by atoms with Crippen LogP contribution in [-0.4, -0.2) is 66.8 Å². The van der Waals surface area contributed by atoms with Gasteiger partial charge in [-0.15, -0.1) is 12.4 Å². The Morgan fingerprint density at radius 3 is 2.03 bits per heavy atom. The lowest BCUT2D eigenvalue weighted by atomic mass is 9.74. The number of hydrogen-bond donors (Lipinski definition) is 0. The van der Waals surface area contributed by atoms with Gasteiger partial charge in [-0.25, -0.2) is 17.2 Å². The predicted octanol–water partition coefficient (Wildman–Crippen LogP) is 6.34. The molecule has 34 heavy (non-hydrogen) atoms. The van der Waals surface area contributed by atoms with Crippen LogP contribution < -0.4 is 0 Å². The first-order valence-corrected chi connectivity index (χ1v) is 13.9. The molecule has 0 aromatic heterocycles. The lowest BCUT2D eigenvalue weighted by molar-refractivity contribution is -0.0891. The maximum absolute atomic E-state index is 14.0. The van der Waals surface area contributed by atoms with Crippen LogP contribution in [0.25, 0.3) is 0 Å². The lowest BCUT2D eigenvalue weighted by Crippen LogP contribution is -2.60. The number of rotatable bonds is 8. The Balaban J connectivity index is 0.00000408. The van der Waals surface area contributed by atoms with Gasteiger partial charge in [0.15, 0.2) is 5.78 Å². The number of carbonyl (C=O) groups is 1. The molecule has 1 saturated carbocycles. The van der Waals surface area contributed by atoms with Crippen molar-refractivity contribution in [3.8, 4) is 0 Å². The Kier molecular flexibility index (Phi) is 10.5. The van der Waals surface area contributed by atoms with E-state index in [0.29, 0.717) is 44.0 Å². The monoisotopic (exact) mass is 580 g/mol. The maximum Gasteiger partial charge on any atom is 0.248 e. The van der Waals surface area contributed by atoms with E-state index in [9.17, 15) is 22.0 Å². The number of piperazine rings is 1. The van der Waals surface area contributed by atoms with Crippen molar-refractivity contribution in [3.63, 3.8) is 0 Å². The summed E-state index contributed by atoms with van der Waals surface area (Å²) in [7, 11) is -3.31. The zero-order valence-electron chi connectivity index (χ0n) is 19.0. The van der Waals surface area contributed by atoms with E-state index in [1.54, 1.807) is 0 Å². The van der Waals surface area contributed by atoms with E-state index in [4.69, 9.17) is 34.8 Å². The molecule has 194 valence electrons. The quantitative estimate of drug-likeness (QED) is 0.336. The molecular formula is C22H30Cl4F2N2O3S. The van der Waals surface area contributed by atoms with Crippen LogP contribution in [0.4, 0.5) is 8.78 Å². The standard InChI is InChI=1S/C22H29Cl3F2N2O3S.ClH/c1-2-13-33(31,32)29-11-9-28(10-12-29)21(5-7-22(26,27)8-6-21)4-3-19(30)20-17(24)14-16(23)15-18(20)25;/h14-15H,2-13H2,1H3;1H. The van der Waals surface area contributed by atoms with E-state index in [2.05, 4.69) is 4.90 Å². The average molecular weight is 582 g/mol. The summed E-state index contributed by atoms with van der Waals surface area (Å²) < 4.78 is 54.3. The summed E-state index contributed by atoms with van der Waals surface area (Å²) in [4.78, 5) is 15.1. The molecule has 3 rings (SSSR count). The molecule has 1 aliphatic carbocycles. The normalized spacial score (nSPS) is 21.1. The summed E-state index contributed by atoms with van der Waals surface area (Å²) >= 11 is 18.3. The summed E-state index contributed by atoms with van der Waals surface area (Å²) in [6.45, 7) is 3.37. The first-order valence-electron chi connectivity index (χ1n) is 11.2. The van der Waals surface area contributed by atoms with Gasteiger partial charge in [-0.05, 0) is 37.8 Å². The van der Waals surface area contributed by atoms with E-state index in [0.717, 1.165) is 0 Å². The Labute approximate surface area is 221 Å². The van der Waals surface area contributed by atoms with Gasteiger partial charge in [0.05, 0.1) is 21.4 Å². The Hall–Kier alpha value is -0.220. The van der Waals surface area contributed by atoms with Crippen molar-refractivity contribution in [1.82, 2.24) is 9.21 Å². The summed E-state index contributed by atoms with van der Waals surface area (Å²) in [6.07, 6.45) is 1.00. The SMILES string of the molecule is CCCS(=O)(=O)N1CCN(C2(CCC(=O)c3c(Cl)cc(Cl)cc3Cl)CCC(F)(F)CC2)CC1.Cl. The number of halogens is 6. The largest absolute Gasteiger partial charge is 0.295 e.